The second-order valence-corrected chi connectivity index (χ2v) is 8.14. The number of hydrogen-bond acceptors (Lipinski definition) is 2. The van der Waals surface area contributed by atoms with Crippen molar-refractivity contribution in [3.05, 3.63) is 36.4 Å². The lowest BCUT2D eigenvalue weighted by molar-refractivity contribution is 0.105. The number of fused-ring (bicyclic) bond motifs is 1. The summed E-state index contributed by atoms with van der Waals surface area (Å²) in [5, 5.41) is 4.87. The van der Waals surface area contributed by atoms with Gasteiger partial charge in [-0.05, 0) is 48.3 Å². The van der Waals surface area contributed by atoms with E-state index in [0.29, 0.717) is 16.9 Å². The van der Waals surface area contributed by atoms with Crippen molar-refractivity contribution in [2.24, 2.45) is 10.8 Å². The average molecular weight is 282 g/mol. The SMILES string of the molecule is CC1(C)CC(Nc2ccc3ccccc3n2)CC(C)(C)C1. The Morgan fingerprint density at radius 3 is 2.33 bits per heavy atom. The molecule has 2 aromatic rings. The van der Waals surface area contributed by atoms with Gasteiger partial charge in [-0.15, -0.1) is 0 Å². The lowest BCUT2D eigenvalue weighted by atomic mass is 9.63. The highest BCUT2D eigenvalue weighted by Gasteiger charge is 2.38. The largest absolute Gasteiger partial charge is 0.367 e. The topological polar surface area (TPSA) is 24.9 Å². The van der Waals surface area contributed by atoms with Crippen LogP contribution in [-0.4, -0.2) is 11.0 Å². The maximum absolute atomic E-state index is 4.75. The predicted octanol–water partition coefficient (Wildman–Crippen LogP) is 5.25. The zero-order chi connectivity index (χ0) is 15.1. The van der Waals surface area contributed by atoms with Gasteiger partial charge in [-0.1, -0.05) is 45.9 Å². The van der Waals surface area contributed by atoms with Crippen molar-refractivity contribution in [3.63, 3.8) is 0 Å². The molecule has 1 fully saturated rings. The first-order chi connectivity index (χ1) is 9.83. The molecular formula is C19H26N2. The minimum Gasteiger partial charge on any atom is -0.367 e. The van der Waals surface area contributed by atoms with E-state index in [2.05, 4.69) is 63.3 Å². The minimum absolute atomic E-state index is 0.399. The van der Waals surface area contributed by atoms with E-state index in [1.807, 2.05) is 6.07 Å². The van der Waals surface area contributed by atoms with Crippen LogP contribution < -0.4 is 5.32 Å². The molecule has 1 N–H and O–H groups in total. The molecule has 2 nitrogen and oxygen atoms in total. The van der Waals surface area contributed by atoms with Crippen molar-refractivity contribution in [1.29, 1.82) is 0 Å². The summed E-state index contributed by atoms with van der Waals surface area (Å²) in [7, 11) is 0. The Hall–Kier alpha value is -1.57. The number of pyridine rings is 1. The van der Waals surface area contributed by atoms with Crippen molar-refractivity contribution in [2.45, 2.75) is 53.0 Å². The molecule has 1 aliphatic carbocycles. The number of nitrogens with one attached hydrogen (secondary N) is 1. The molecule has 0 aliphatic heterocycles. The molecule has 1 aromatic carbocycles. The number of hydrogen-bond donors (Lipinski definition) is 1. The second-order valence-electron chi connectivity index (χ2n) is 8.14. The molecule has 0 spiro atoms. The zero-order valence-corrected chi connectivity index (χ0v) is 13.6. The molecule has 0 bridgehead atoms. The first-order valence-corrected chi connectivity index (χ1v) is 7.95. The van der Waals surface area contributed by atoms with Crippen molar-refractivity contribution < 1.29 is 0 Å². The first-order valence-electron chi connectivity index (χ1n) is 7.95. The van der Waals surface area contributed by atoms with Gasteiger partial charge in [-0.2, -0.15) is 0 Å². The monoisotopic (exact) mass is 282 g/mol. The second kappa shape index (κ2) is 5.01. The van der Waals surface area contributed by atoms with Gasteiger partial charge in [0.05, 0.1) is 5.52 Å². The molecule has 0 amide bonds. The van der Waals surface area contributed by atoms with Crippen LogP contribution in [0.4, 0.5) is 5.82 Å². The Kier molecular flexibility index (Phi) is 3.43. The van der Waals surface area contributed by atoms with Crippen LogP contribution in [0.25, 0.3) is 10.9 Å². The van der Waals surface area contributed by atoms with Gasteiger partial charge in [-0.3, -0.25) is 0 Å². The Balaban J connectivity index is 1.81. The number of rotatable bonds is 2. The summed E-state index contributed by atoms with van der Waals surface area (Å²) in [5.41, 5.74) is 1.86. The molecule has 1 heterocycles. The van der Waals surface area contributed by atoms with Gasteiger partial charge in [0.1, 0.15) is 5.82 Å². The smallest absolute Gasteiger partial charge is 0.126 e. The summed E-state index contributed by atoms with van der Waals surface area (Å²) in [6.45, 7) is 9.54. The lowest BCUT2D eigenvalue weighted by Crippen LogP contribution is -2.40. The predicted molar refractivity (Wildman–Crippen MR) is 90.6 cm³/mol. The van der Waals surface area contributed by atoms with Crippen LogP contribution >= 0.6 is 0 Å². The summed E-state index contributed by atoms with van der Waals surface area (Å²) in [5.74, 6) is 1.01. The standard InChI is InChI=1S/C19H26N2/c1-18(2)11-15(12-19(3,4)13-18)20-17-10-9-14-7-5-6-8-16(14)21-17/h5-10,15H,11-13H2,1-4H3,(H,20,21). The van der Waals surface area contributed by atoms with Crippen LogP contribution in [0.1, 0.15) is 47.0 Å². The molecule has 1 aromatic heterocycles. The molecule has 0 radical (unpaired) electrons. The fraction of sp³-hybridized carbons (Fsp3) is 0.526. The molecule has 0 atom stereocenters. The molecule has 0 unspecified atom stereocenters. The molecule has 0 saturated heterocycles. The summed E-state index contributed by atoms with van der Waals surface area (Å²) >= 11 is 0. The highest BCUT2D eigenvalue weighted by Crippen LogP contribution is 2.46. The summed E-state index contributed by atoms with van der Waals surface area (Å²) in [6.07, 6.45) is 3.72. The highest BCUT2D eigenvalue weighted by atomic mass is 15.0. The van der Waals surface area contributed by atoms with E-state index in [4.69, 9.17) is 4.98 Å². The van der Waals surface area contributed by atoms with Crippen LogP contribution in [0.2, 0.25) is 0 Å². The zero-order valence-electron chi connectivity index (χ0n) is 13.6. The molecular weight excluding hydrogens is 256 g/mol. The van der Waals surface area contributed by atoms with E-state index in [-0.39, 0.29) is 0 Å². The molecule has 2 heteroatoms. The molecule has 1 aliphatic rings. The van der Waals surface area contributed by atoms with Crippen molar-refractivity contribution in [3.8, 4) is 0 Å². The van der Waals surface area contributed by atoms with E-state index in [0.717, 1.165) is 11.3 Å². The van der Waals surface area contributed by atoms with Gasteiger partial charge in [-0.25, -0.2) is 4.98 Å². The van der Waals surface area contributed by atoms with E-state index >= 15 is 0 Å². The van der Waals surface area contributed by atoms with Gasteiger partial charge in [0.2, 0.25) is 0 Å². The number of anilines is 1. The number of nitrogens with zero attached hydrogens (tertiary/aromatic N) is 1. The van der Waals surface area contributed by atoms with E-state index in [1.54, 1.807) is 0 Å². The quantitative estimate of drug-likeness (QED) is 0.813. The van der Waals surface area contributed by atoms with Crippen LogP contribution in [0.5, 0.6) is 0 Å². The lowest BCUT2D eigenvalue weighted by Gasteiger charge is -2.45. The van der Waals surface area contributed by atoms with Crippen molar-refractivity contribution in [1.82, 2.24) is 4.98 Å². The third-order valence-electron chi connectivity index (χ3n) is 4.51. The molecule has 3 rings (SSSR count). The fourth-order valence-electron chi connectivity index (χ4n) is 4.30. The maximum atomic E-state index is 4.75. The third kappa shape index (κ3) is 3.37. The number of aromatic nitrogens is 1. The van der Waals surface area contributed by atoms with Gasteiger partial charge in [0.15, 0.2) is 0 Å². The fourth-order valence-corrected chi connectivity index (χ4v) is 4.30. The molecule has 21 heavy (non-hydrogen) atoms. The van der Waals surface area contributed by atoms with Crippen LogP contribution in [0.3, 0.4) is 0 Å². The Labute approximate surface area is 128 Å². The third-order valence-corrected chi connectivity index (χ3v) is 4.51. The van der Waals surface area contributed by atoms with E-state index in [9.17, 15) is 0 Å². The summed E-state index contributed by atoms with van der Waals surface area (Å²) in [6, 6.07) is 13.1. The number of benzene rings is 1. The molecule has 112 valence electrons. The highest BCUT2D eigenvalue weighted by molar-refractivity contribution is 5.80. The van der Waals surface area contributed by atoms with E-state index in [1.165, 1.54) is 24.6 Å². The summed E-state index contributed by atoms with van der Waals surface area (Å²) in [4.78, 5) is 4.75. The van der Waals surface area contributed by atoms with Gasteiger partial charge >= 0.3 is 0 Å². The number of para-hydroxylation sites is 1. The Morgan fingerprint density at radius 2 is 1.62 bits per heavy atom. The van der Waals surface area contributed by atoms with Crippen LogP contribution in [0, 0.1) is 10.8 Å². The van der Waals surface area contributed by atoms with Crippen molar-refractivity contribution >= 4 is 16.7 Å². The van der Waals surface area contributed by atoms with Crippen molar-refractivity contribution in [2.75, 3.05) is 5.32 Å². The Morgan fingerprint density at radius 1 is 0.952 bits per heavy atom. The van der Waals surface area contributed by atoms with Crippen LogP contribution in [-0.2, 0) is 0 Å². The normalized spacial score (nSPS) is 21.3. The van der Waals surface area contributed by atoms with Gasteiger partial charge in [0.25, 0.3) is 0 Å². The van der Waals surface area contributed by atoms with Crippen LogP contribution in [0.15, 0.2) is 36.4 Å². The minimum atomic E-state index is 0.399. The molecule has 1 saturated carbocycles. The van der Waals surface area contributed by atoms with E-state index < -0.39 is 0 Å². The maximum Gasteiger partial charge on any atom is 0.126 e. The van der Waals surface area contributed by atoms with Gasteiger partial charge in [0, 0.05) is 11.4 Å². The van der Waals surface area contributed by atoms with Gasteiger partial charge < -0.3 is 5.32 Å². The average Bonchev–Trinajstić information content (AvgIpc) is 2.34. The first kappa shape index (κ1) is 14.4. The Bertz CT molecular complexity index is 627. The summed E-state index contributed by atoms with van der Waals surface area (Å²) < 4.78 is 0.